The molecule has 8 aromatic carbocycles. The molecule has 3 heteroatoms. The fraction of sp³-hybridized carbons (Fsp3) is 0.167. The lowest BCUT2D eigenvalue weighted by atomic mass is 9.77. The van der Waals surface area contributed by atoms with Crippen LogP contribution in [0.1, 0.15) is 44.5 Å². The van der Waals surface area contributed by atoms with Crippen molar-refractivity contribution in [1.29, 1.82) is 0 Å². The van der Waals surface area contributed by atoms with E-state index in [-0.39, 0.29) is 11.5 Å². The van der Waals surface area contributed by atoms with Gasteiger partial charge in [0.15, 0.2) is 0 Å². The molecule has 0 saturated heterocycles. The molecule has 8 aromatic rings. The van der Waals surface area contributed by atoms with Gasteiger partial charge in [-0.05, 0) is 172 Å². The van der Waals surface area contributed by atoms with Crippen molar-refractivity contribution in [3.05, 3.63) is 136 Å². The lowest BCUT2D eigenvalue weighted by Crippen LogP contribution is -2.03. The average molecular weight is 683 g/mol. The lowest BCUT2D eigenvalue weighted by Gasteiger charge is -2.27. The molecule has 0 heterocycles. The summed E-state index contributed by atoms with van der Waals surface area (Å²) in [6.45, 7) is 16.9. The first-order chi connectivity index (χ1) is 24.4. The highest BCUT2D eigenvalue weighted by atomic mass is 32.1. The van der Waals surface area contributed by atoms with Gasteiger partial charge in [-0.2, -0.15) is 0 Å². The van der Waals surface area contributed by atoms with Gasteiger partial charge in [-0.3, -0.25) is 0 Å². The van der Waals surface area contributed by atoms with E-state index in [1.807, 2.05) is 19.9 Å². The van der Waals surface area contributed by atoms with Gasteiger partial charge in [0.1, 0.15) is 11.5 Å². The molecule has 0 amide bonds. The van der Waals surface area contributed by atoms with Crippen LogP contribution in [0.15, 0.2) is 95.9 Å². The largest absolute Gasteiger partial charge is 0.508 e. The summed E-state index contributed by atoms with van der Waals surface area (Å²) in [5, 5.41) is 32.2. The maximum absolute atomic E-state index is 12.4. The van der Waals surface area contributed by atoms with Crippen LogP contribution in [0.2, 0.25) is 0 Å². The normalized spacial score (nSPS) is 11.8. The van der Waals surface area contributed by atoms with Gasteiger partial charge >= 0.3 is 0 Å². The van der Waals surface area contributed by atoms with Crippen molar-refractivity contribution in [2.24, 2.45) is 0 Å². The van der Waals surface area contributed by atoms with Gasteiger partial charge in [0.05, 0.1) is 0 Å². The number of hydrogen-bond donors (Lipinski definition) is 3. The fourth-order valence-electron chi connectivity index (χ4n) is 8.52. The molecule has 51 heavy (non-hydrogen) atoms. The summed E-state index contributed by atoms with van der Waals surface area (Å²) < 4.78 is 0. The van der Waals surface area contributed by atoms with Crippen LogP contribution in [-0.2, 0) is 0 Å². The summed E-state index contributed by atoms with van der Waals surface area (Å²) in [5.41, 5.74) is 14.8. The summed E-state index contributed by atoms with van der Waals surface area (Å²) in [6.07, 6.45) is 0. The van der Waals surface area contributed by atoms with Crippen LogP contribution in [0, 0.1) is 55.4 Å². The Bertz CT molecular complexity index is 2720. The molecule has 8 rings (SSSR count). The third-order valence-electron chi connectivity index (χ3n) is 11.8. The van der Waals surface area contributed by atoms with Crippen LogP contribution in [0.4, 0.5) is 0 Å². The maximum atomic E-state index is 12.4. The highest BCUT2D eigenvalue weighted by molar-refractivity contribution is 7.80. The van der Waals surface area contributed by atoms with Crippen LogP contribution in [0.3, 0.4) is 0 Å². The maximum Gasteiger partial charge on any atom is 0.127 e. The van der Waals surface area contributed by atoms with E-state index in [0.29, 0.717) is 0 Å². The fourth-order valence-corrected chi connectivity index (χ4v) is 8.91. The summed E-state index contributed by atoms with van der Waals surface area (Å²) in [4.78, 5) is 0.902. The van der Waals surface area contributed by atoms with Crippen LogP contribution >= 0.6 is 12.6 Å². The Morgan fingerprint density at radius 3 is 1.75 bits per heavy atom. The van der Waals surface area contributed by atoms with Gasteiger partial charge in [0, 0.05) is 21.2 Å². The Balaban J connectivity index is 1.63. The molecule has 0 bridgehead atoms. The standard InChI is InChI=1S/C48H42O2S/c1-24-19-22-39(49)31(8)40(24)44-41-27(4)25(2)29(6)47(50)45(41)43(46-42(44)28(5)26(3)30(7)48(46)51)38-18-12-16-36-35(15-11-17-37(36)38)34-21-20-32-13-9-10-14-33(32)23-34/h9-23,49-51H,1-8H3. The zero-order valence-electron chi connectivity index (χ0n) is 30.5. The first-order valence-corrected chi connectivity index (χ1v) is 18.1. The molecular weight excluding hydrogens is 641 g/mol. The molecule has 0 radical (unpaired) electrons. The topological polar surface area (TPSA) is 40.5 Å². The smallest absolute Gasteiger partial charge is 0.127 e. The Labute approximate surface area is 305 Å². The number of aryl methyl sites for hydroxylation is 3. The predicted molar refractivity (Wildman–Crippen MR) is 221 cm³/mol. The molecule has 0 spiro atoms. The average Bonchev–Trinajstić information content (AvgIpc) is 3.14. The zero-order chi connectivity index (χ0) is 36.0. The van der Waals surface area contributed by atoms with E-state index < -0.39 is 0 Å². The van der Waals surface area contributed by atoms with Crippen molar-refractivity contribution in [2.75, 3.05) is 0 Å². The second-order valence-electron chi connectivity index (χ2n) is 14.4. The molecule has 0 atom stereocenters. The van der Waals surface area contributed by atoms with E-state index in [1.54, 1.807) is 6.07 Å². The second kappa shape index (κ2) is 11.9. The Kier molecular flexibility index (Phi) is 7.70. The second-order valence-corrected chi connectivity index (χ2v) is 14.8. The molecule has 0 saturated carbocycles. The molecule has 0 aliphatic carbocycles. The number of phenols is 2. The van der Waals surface area contributed by atoms with Crippen molar-refractivity contribution in [2.45, 2.75) is 60.3 Å². The van der Waals surface area contributed by atoms with Crippen molar-refractivity contribution in [1.82, 2.24) is 0 Å². The highest BCUT2D eigenvalue weighted by Crippen LogP contribution is 2.55. The molecule has 0 fully saturated rings. The molecule has 0 aromatic heterocycles. The van der Waals surface area contributed by atoms with Gasteiger partial charge < -0.3 is 10.2 Å². The first kappa shape index (κ1) is 32.9. The van der Waals surface area contributed by atoms with E-state index in [4.69, 9.17) is 12.6 Å². The summed E-state index contributed by atoms with van der Waals surface area (Å²) in [5.74, 6) is 0.544. The lowest BCUT2D eigenvalue weighted by molar-refractivity contribution is 0.471. The number of thiol groups is 1. The number of phenolic OH excluding ortho intramolecular Hbond substituents is 2. The summed E-state index contributed by atoms with van der Waals surface area (Å²) in [7, 11) is 0. The van der Waals surface area contributed by atoms with Crippen LogP contribution in [0.5, 0.6) is 11.5 Å². The quantitative estimate of drug-likeness (QED) is 0.128. The van der Waals surface area contributed by atoms with Gasteiger partial charge in [0.2, 0.25) is 0 Å². The number of hydrogen-bond acceptors (Lipinski definition) is 3. The summed E-state index contributed by atoms with van der Waals surface area (Å²) >= 11 is 5.34. The van der Waals surface area contributed by atoms with Crippen molar-refractivity contribution in [3.63, 3.8) is 0 Å². The monoisotopic (exact) mass is 682 g/mol. The van der Waals surface area contributed by atoms with Crippen LogP contribution in [0.25, 0.3) is 76.5 Å². The minimum absolute atomic E-state index is 0.259. The Morgan fingerprint density at radius 2 is 1.04 bits per heavy atom. The van der Waals surface area contributed by atoms with E-state index in [2.05, 4.69) is 120 Å². The first-order valence-electron chi connectivity index (χ1n) is 17.6. The molecular formula is C48H42O2S. The summed E-state index contributed by atoms with van der Waals surface area (Å²) in [6, 6.07) is 32.1. The SMILES string of the molecule is Cc1ccc(O)c(C)c1-c1c2c(C)c(C)c(C)c(O)c2c(-c2cccc3c(-c4ccc5ccccc5c4)cccc23)c2c(S)c(C)c(C)c(C)c12. The third-order valence-corrected chi connectivity index (χ3v) is 12.4. The van der Waals surface area contributed by atoms with Gasteiger partial charge in [0.25, 0.3) is 0 Å². The van der Waals surface area contributed by atoms with E-state index >= 15 is 0 Å². The Hall–Kier alpha value is -5.25. The van der Waals surface area contributed by atoms with Crippen molar-refractivity contribution < 1.29 is 10.2 Å². The highest BCUT2D eigenvalue weighted by Gasteiger charge is 2.29. The molecule has 0 unspecified atom stereocenters. The molecule has 252 valence electrons. The number of benzene rings is 8. The number of fused-ring (bicyclic) bond motifs is 4. The van der Waals surface area contributed by atoms with Crippen molar-refractivity contribution >= 4 is 55.7 Å². The van der Waals surface area contributed by atoms with Crippen molar-refractivity contribution in [3.8, 4) is 44.9 Å². The van der Waals surface area contributed by atoms with E-state index in [1.165, 1.54) is 27.5 Å². The van der Waals surface area contributed by atoms with Gasteiger partial charge in [-0.15, -0.1) is 12.6 Å². The molecule has 0 aliphatic rings. The number of aromatic hydroxyl groups is 2. The molecule has 2 N–H and O–H groups in total. The minimum Gasteiger partial charge on any atom is -0.508 e. The molecule has 0 aliphatic heterocycles. The van der Waals surface area contributed by atoms with E-state index in [0.717, 1.165) is 98.4 Å². The Morgan fingerprint density at radius 1 is 0.431 bits per heavy atom. The van der Waals surface area contributed by atoms with Gasteiger partial charge in [-0.25, -0.2) is 0 Å². The van der Waals surface area contributed by atoms with Crippen LogP contribution < -0.4 is 0 Å². The van der Waals surface area contributed by atoms with E-state index in [9.17, 15) is 10.2 Å². The van der Waals surface area contributed by atoms with Crippen LogP contribution in [-0.4, -0.2) is 10.2 Å². The molecule has 2 nitrogen and oxygen atoms in total. The number of rotatable bonds is 3. The third kappa shape index (κ3) is 4.71. The predicted octanol–water partition coefficient (Wildman–Crippen LogP) is 13.5. The minimum atomic E-state index is 0.259. The van der Waals surface area contributed by atoms with Gasteiger partial charge in [-0.1, -0.05) is 78.9 Å². The zero-order valence-corrected chi connectivity index (χ0v) is 31.4.